The summed E-state index contributed by atoms with van der Waals surface area (Å²) < 4.78 is 5.89. The Morgan fingerprint density at radius 2 is 1.91 bits per heavy atom. The van der Waals surface area contributed by atoms with Crippen molar-refractivity contribution in [2.75, 3.05) is 11.7 Å². The molecule has 0 bridgehead atoms. The largest absolute Gasteiger partial charge is 0.491 e. The van der Waals surface area contributed by atoms with Crippen molar-refractivity contribution in [1.82, 2.24) is 0 Å². The zero-order valence-corrected chi connectivity index (χ0v) is 14.7. The van der Waals surface area contributed by atoms with Crippen molar-refractivity contribution < 1.29 is 15.1 Å². The molecule has 128 valence electrons. The summed E-state index contributed by atoms with van der Waals surface area (Å²) in [5, 5.41) is 21.3. The van der Waals surface area contributed by atoms with Gasteiger partial charge in [0.1, 0.15) is 5.69 Å². The Morgan fingerprint density at radius 1 is 1.22 bits per heavy atom. The molecule has 0 fully saturated rings. The van der Waals surface area contributed by atoms with E-state index in [1.165, 1.54) is 12.8 Å². The van der Waals surface area contributed by atoms with Crippen LogP contribution in [0.4, 0.5) is 5.69 Å². The Kier molecular flexibility index (Phi) is 7.41. The Hall–Kier alpha value is -1.70. The van der Waals surface area contributed by atoms with E-state index in [-0.39, 0.29) is 6.61 Å². The number of anilines is 1. The fourth-order valence-electron chi connectivity index (χ4n) is 2.26. The monoisotopic (exact) mass is 319 g/mol. The molecule has 0 atom stereocenters. The van der Waals surface area contributed by atoms with Gasteiger partial charge in [0.15, 0.2) is 5.75 Å². The van der Waals surface area contributed by atoms with Crippen LogP contribution in [-0.4, -0.2) is 22.5 Å². The normalized spacial score (nSPS) is 11.2. The molecule has 0 unspecified atom stereocenters. The summed E-state index contributed by atoms with van der Waals surface area (Å²) in [7, 11) is 0. The molecule has 0 saturated heterocycles. The molecule has 0 heterocycles. The molecule has 0 aliphatic rings. The standard InChI is InChI=1S/C19H29NO3/c1-6-8-9-10-11-23-18-16(14-21)12-15(7-2)13-17(18)20(22)19(3,4)5/h2,12-13,21-22H,6,8-11,14H2,1,3-5H3. The molecule has 0 aliphatic carbocycles. The second-order valence-corrected chi connectivity index (χ2v) is 6.68. The lowest BCUT2D eigenvalue weighted by molar-refractivity contribution is 0.175. The van der Waals surface area contributed by atoms with Gasteiger partial charge in [-0.15, -0.1) is 6.42 Å². The molecule has 4 heteroatoms. The molecule has 0 radical (unpaired) electrons. The molecule has 0 spiro atoms. The fourth-order valence-corrected chi connectivity index (χ4v) is 2.26. The van der Waals surface area contributed by atoms with Gasteiger partial charge >= 0.3 is 0 Å². The number of benzene rings is 1. The summed E-state index contributed by atoms with van der Waals surface area (Å²) in [5.41, 5.74) is 1.17. The highest BCUT2D eigenvalue weighted by molar-refractivity contribution is 5.65. The number of rotatable bonds is 8. The number of hydroxylamine groups is 1. The lowest BCUT2D eigenvalue weighted by atomic mass is 10.0. The number of hydrogen-bond donors (Lipinski definition) is 2. The predicted octanol–water partition coefficient (Wildman–Crippen LogP) is 4.11. The van der Waals surface area contributed by atoms with Crippen molar-refractivity contribution in [2.45, 2.75) is 65.5 Å². The number of hydrogen-bond acceptors (Lipinski definition) is 4. The Labute approximate surface area is 140 Å². The van der Waals surface area contributed by atoms with E-state index >= 15 is 0 Å². The van der Waals surface area contributed by atoms with Crippen LogP contribution in [0.2, 0.25) is 0 Å². The van der Waals surface area contributed by atoms with Gasteiger partial charge in [0.25, 0.3) is 0 Å². The first-order valence-electron chi connectivity index (χ1n) is 8.21. The van der Waals surface area contributed by atoms with Crippen molar-refractivity contribution in [3.8, 4) is 18.1 Å². The zero-order valence-electron chi connectivity index (χ0n) is 14.7. The molecule has 0 amide bonds. The average molecular weight is 319 g/mol. The van der Waals surface area contributed by atoms with E-state index in [2.05, 4.69) is 12.8 Å². The number of nitrogens with zero attached hydrogens (tertiary/aromatic N) is 1. The minimum absolute atomic E-state index is 0.190. The van der Waals surface area contributed by atoms with Gasteiger partial charge in [0.05, 0.1) is 18.8 Å². The molecule has 2 N–H and O–H groups in total. The van der Waals surface area contributed by atoms with Gasteiger partial charge in [-0.2, -0.15) is 0 Å². The van der Waals surface area contributed by atoms with Gasteiger partial charge in [0, 0.05) is 11.1 Å². The summed E-state index contributed by atoms with van der Waals surface area (Å²) in [6, 6.07) is 3.44. The predicted molar refractivity (Wildman–Crippen MR) is 94.0 cm³/mol. The SMILES string of the molecule is C#Cc1cc(CO)c(OCCCCCC)c(N(O)C(C)(C)C)c1. The molecule has 23 heavy (non-hydrogen) atoms. The van der Waals surface area contributed by atoms with Crippen molar-refractivity contribution >= 4 is 5.69 Å². The Balaban J connectivity index is 3.11. The average Bonchev–Trinajstić information content (AvgIpc) is 2.52. The van der Waals surface area contributed by atoms with Gasteiger partial charge < -0.3 is 9.84 Å². The highest BCUT2D eigenvalue weighted by Crippen LogP contribution is 2.36. The van der Waals surface area contributed by atoms with E-state index in [9.17, 15) is 10.3 Å². The minimum Gasteiger partial charge on any atom is -0.491 e. The maximum atomic E-state index is 10.5. The molecular formula is C19H29NO3. The van der Waals surface area contributed by atoms with E-state index in [1.807, 2.05) is 20.8 Å². The number of unbranched alkanes of at least 4 members (excludes halogenated alkanes) is 3. The van der Waals surface area contributed by atoms with E-state index in [0.29, 0.717) is 29.2 Å². The molecule has 0 aromatic heterocycles. The Morgan fingerprint density at radius 3 is 2.43 bits per heavy atom. The fraction of sp³-hybridized carbons (Fsp3) is 0.579. The quantitative estimate of drug-likeness (QED) is 0.430. The van der Waals surface area contributed by atoms with Gasteiger partial charge in [-0.3, -0.25) is 5.21 Å². The zero-order chi connectivity index (χ0) is 17.5. The number of aliphatic hydroxyl groups is 1. The number of terminal acetylenes is 1. The van der Waals surface area contributed by atoms with Crippen LogP contribution in [0, 0.1) is 12.3 Å². The van der Waals surface area contributed by atoms with Crippen LogP contribution in [0.15, 0.2) is 12.1 Å². The smallest absolute Gasteiger partial charge is 0.150 e. The van der Waals surface area contributed by atoms with E-state index < -0.39 is 5.54 Å². The minimum atomic E-state index is -0.514. The van der Waals surface area contributed by atoms with Gasteiger partial charge in [-0.05, 0) is 39.3 Å². The van der Waals surface area contributed by atoms with E-state index in [0.717, 1.165) is 17.9 Å². The van der Waals surface area contributed by atoms with E-state index in [1.54, 1.807) is 12.1 Å². The maximum Gasteiger partial charge on any atom is 0.150 e. The molecule has 0 aliphatic heterocycles. The maximum absolute atomic E-state index is 10.5. The highest BCUT2D eigenvalue weighted by atomic mass is 16.5. The summed E-state index contributed by atoms with van der Waals surface area (Å²) in [4.78, 5) is 0. The van der Waals surface area contributed by atoms with Crippen molar-refractivity contribution in [2.24, 2.45) is 0 Å². The Bertz CT molecular complexity index is 541. The summed E-state index contributed by atoms with van der Waals surface area (Å²) in [5.74, 6) is 3.06. The van der Waals surface area contributed by atoms with Crippen LogP contribution in [0.1, 0.15) is 64.5 Å². The molecule has 0 saturated carbocycles. The first-order chi connectivity index (χ1) is 10.8. The first-order valence-corrected chi connectivity index (χ1v) is 8.21. The third-order valence-electron chi connectivity index (χ3n) is 3.59. The van der Waals surface area contributed by atoms with Crippen LogP contribution in [0.3, 0.4) is 0 Å². The van der Waals surface area contributed by atoms with Crippen LogP contribution in [0.25, 0.3) is 0 Å². The molecule has 1 rings (SSSR count). The summed E-state index contributed by atoms with van der Waals surface area (Å²) >= 11 is 0. The summed E-state index contributed by atoms with van der Waals surface area (Å²) in [6.45, 7) is 8.18. The number of aliphatic hydroxyl groups excluding tert-OH is 1. The topological polar surface area (TPSA) is 52.9 Å². The molecule has 4 nitrogen and oxygen atoms in total. The van der Waals surface area contributed by atoms with Crippen molar-refractivity contribution in [3.63, 3.8) is 0 Å². The lowest BCUT2D eigenvalue weighted by Crippen LogP contribution is -2.39. The van der Waals surface area contributed by atoms with Gasteiger partial charge in [-0.25, -0.2) is 5.06 Å². The second kappa shape index (κ2) is 8.81. The first kappa shape index (κ1) is 19.3. The second-order valence-electron chi connectivity index (χ2n) is 6.68. The number of ether oxygens (including phenoxy) is 1. The van der Waals surface area contributed by atoms with Crippen LogP contribution < -0.4 is 9.80 Å². The summed E-state index contributed by atoms with van der Waals surface area (Å²) in [6.07, 6.45) is 9.87. The van der Waals surface area contributed by atoms with Crippen molar-refractivity contribution in [1.29, 1.82) is 0 Å². The molecule has 1 aromatic rings. The van der Waals surface area contributed by atoms with Crippen molar-refractivity contribution in [3.05, 3.63) is 23.3 Å². The molecule has 1 aromatic carbocycles. The third-order valence-corrected chi connectivity index (χ3v) is 3.59. The van der Waals surface area contributed by atoms with Gasteiger partial charge in [0.2, 0.25) is 0 Å². The van der Waals surface area contributed by atoms with E-state index in [4.69, 9.17) is 11.2 Å². The third kappa shape index (κ3) is 5.46. The molecular weight excluding hydrogens is 290 g/mol. The highest BCUT2D eigenvalue weighted by Gasteiger charge is 2.25. The lowest BCUT2D eigenvalue weighted by Gasteiger charge is -2.33. The van der Waals surface area contributed by atoms with Gasteiger partial charge in [-0.1, -0.05) is 32.1 Å². The van der Waals surface area contributed by atoms with Crippen LogP contribution >= 0.6 is 0 Å². The van der Waals surface area contributed by atoms with Crippen LogP contribution in [0.5, 0.6) is 5.75 Å². The van der Waals surface area contributed by atoms with Crippen LogP contribution in [-0.2, 0) is 6.61 Å².